The second-order valence-corrected chi connectivity index (χ2v) is 7.57. The molecule has 2 atom stereocenters. The van der Waals surface area contributed by atoms with E-state index in [9.17, 15) is 19.5 Å². The summed E-state index contributed by atoms with van der Waals surface area (Å²) >= 11 is 7.20. The second kappa shape index (κ2) is 8.01. The Hall–Kier alpha value is -2.52. The lowest BCUT2D eigenvalue weighted by Crippen LogP contribution is -2.70. The molecule has 1 aromatic rings. The number of carbonyl (C=O) groups is 3. The molecule has 1 saturated heterocycles. The molecule has 2 heterocycles. The average Bonchev–Trinajstić information content (AvgIpc) is 2.64. The van der Waals surface area contributed by atoms with Crippen molar-refractivity contribution >= 4 is 47.0 Å². The summed E-state index contributed by atoms with van der Waals surface area (Å²) in [5, 5.41) is 22.0. The third-order valence-corrected chi connectivity index (χ3v) is 5.88. The third kappa shape index (κ3) is 4.09. The van der Waals surface area contributed by atoms with Crippen molar-refractivity contribution in [3.05, 3.63) is 46.6 Å². The Bertz CT molecular complexity index is 829. The van der Waals surface area contributed by atoms with Crippen LogP contribution in [0.15, 0.2) is 41.1 Å². The molecule has 1 aromatic carbocycles. The number of β-lactam (4-membered cyclic amide) rings is 1. The zero-order valence-corrected chi connectivity index (χ0v) is 15.6. The minimum Gasteiger partial charge on any atom is -0.477 e. The molecular formula is C17H17ClN4O4S. The maximum atomic E-state index is 12.3. The van der Waals surface area contributed by atoms with E-state index in [1.54, 1.807) is 0 Å². The normalized spacial score (nSPS) is 21.2. The summed E-state index contributed by atoms with van der Waals surface area (Å²) in [6, 6.07) is 8.60. The first kappa shape index (κ1) is 19.2. The fraction of sp³-hybridized carbons (Fsp3) is 0.294. The van der Waals surface area contributed by atoms with Gasteiger partial charge in [-0.15, -0.1) is 11.8 Å². The molecule has 2 aliphatic rings. The Balaban J connectivity index is 1.50. The highest BCUT2D eigenvalue weighted by atomic mass is 35.5. The number of aliphatic carboxylic acids is 1. The van der Waals surface area contributed by atoms with Gasteiger partial charge in [-0.05, 0) is 5.56 Å². The summed E-state index contributed by atoms with van der Waals surface area (Å²) in [6.45, 7) is -0.144. The number of hydrogen-bond acceptors (Lipinski definition) is 5. The van der Waals surface area contributed by atoms with Gasteiger partial charge in [0, 0.05) is 12.2 Å². The third-order valence-electron chi connectivity index (χ3n) is 4.13. The number of halogens is 1. The van der Waals surface area contributed by atoms with Crippen molar-refractivity contribution in [3.8, 4) is 0 Å². The van der Waals surface area contributed by atoms with Gasteiger partial charge in [-0.25, -0.2) is 4.79 Å². The van der Waals surface area contributed by atoms with E-state index in [2.05, 4.69) is 10.6 Å². The van der Waals surface area contributed by atoms with Gasteiger partial charge in [0.1, 0.15) is 17.1 Å². The number of rotatable bonds is 6. The monoisotopic (exact) mass is 408 g/mol. The van der Waals surface area contributed by atoms with Gasteiger partial charge in [0.25, 0.3) is 5.91 Å². The van der Waals surface area contributed by atoms with E-state index in [4.69, 9.17) is 17.0 Å². The smallest absolute Gasteiger partial charge is 0.353 e. The molecule has 1 fully saturated rings. The molecule has 8 nitrogen and oxygen atoms in total. The van der Waals surface area contributed by atoms with Crippen LogP contribution < -0.4 is 10.6 Å². The number of carboxylic acids is 1. The minimum atomic E-state index is -1.26. The molecule has 10 heteroatoms. The number of fused-ring (bicyclic) bond motifs is 1. The van der Waals surface area contributed by atoms with Crippen molar-refractivity contribution in [3.63, 3.8) is 0 Å². The van der Waals surface area contributed by atoms with Crippen molar-refractivity contribution in [1.82, 2.24) is 15.5 Å². The number of hydrogen-bond donors (Lipinski definition) is 4. The number of benzene rings is 1. The van der Waals surface area contributed by atoms with Crippen molar-refractivity contribution < 1.29 is 19.5 Å². The molecule has 0 spiro atoms. The SMILES string of the molecule is N=C(Cc1ccccc1)NCC(=O)NC1C(=O)N2C(C(=O)O)=C(Cl)CS[C@@H]12. The van der Waals surface area contributed by atoms with Crippen LogP contribution in [0.3, 0.4) is 0 Å². The summed E-state index contributed by atoms with van der Waals surface area (Å²) in [5.74, 6) is -1.75. The number of thioether (sulfide) groups is 1. The standard InChI is InChI=1S/C17H17ClN4O4S/c18-10-8-27-16-13(15(24)22(16)14(10)17(25)26)21-12(23)7-20-11(19)6-9-4-2-1-3-5-9/h1-5,13,16H,6-8H2,(H2,19,20)(H,21,23)(H,25,26)/t13?,16-/m0/s1. The van der Waals surface area contributed by atoms with Crippen LogP contribution in [0.25, 0.3) is 0 Å². The molecule has 0 aromatic heterocycles. The first-order valence-electron chi connectivity index (χ1n) is 8.09. The highest BCUT2D eigenvalue weighted by Gasteiger charge is 2.54. The van der Waals surface area contributed by atoms with Crippen LogP contribution in [0.5, 0.6) is 0 Å². The van der Waals surface area contributed by atoms with E-state index in [1.165, 1.54) is 11.8 Å². The Morgan fingerprint density at radius 1 is 1.33 bits per heavy atom. The molecule has 0 saturated carbocycles. The van der Waals surface area contributed by atoms with Crippen LogP contribution in [0.1, 0.15) is 5.56 Å². The summed E-state index contributed by atoms with van der Waals surface area (Å²) in [7, 11) is 0. The van der Waals surface area contributed by atoms with Crippen molar-refractivity contribution in [2.24, 2.45) is 0 Å². The Kier molecular flexibility index (Phi) is 5.71. The van der Waals surface area contributed by atoms with Crippen molar-refractivity contribution in [2.45, 2.75) is 17.8 Å². The molecule has 0 radical (unpaired) electrons. The number of amides is 2. The molecule has 4 N–H and O–H groups in total. The van der Waals surface area contributed by atoms with Crippen LogP contribution >= 0.6 is 23.4 Å². The zero-order chi connectivity index (χ0) is 19.6. The van der Waals surface area contributed by atoms with E-state index in [1.807, 2.05) is 30.3 Å². The number of carboxylic acid groups (broad SMARTS) is 1. The summed E-state index contributed by atoms with van der Waals surface area (Å²) in [6.07, 6.45) is 0.369. The van der Waals surface area contributed by atoms with Gasteiger partial charge >= 0.3 is 5.97 Å². The predicted molar refractivity (Wildman–Crippen MR) is 101 cm³/mol. The lowest BCUT2D eigenvalue weighted by atomic mass is 10.1. The van der Waals surface area contributed by atoms with Gasteiger partial charge in [0.15, 0.2) is 0 Å². The summed E-state index contributed by atoms with van der Waals surface area (Å²) in [5.41, 5.74) is 0.724. The fourth-order valence-electron chi connectivity index (χ4n) is 2.86. The van der Waals surface area contributed by atoms with Crippen LogP contribution in [0, 0.1) is 5.41 Å². The van der Waals surface area contributed by atoms with Crippen LogP contribution in [-0.4, -0.2) is 57.3 Å². The largest absolute Gasteiger partial charge is 0.477 e. The number of carbonyl (C=O) groups excluding carboxylic acids is 2. The lowest BCUT2D eigenvalue weighted by Gasteiger charge is -2.48. The van der Waals surface area contributed by atoms with Gasteiger partial charge in [0.2, 0.25) is 5.91 Å². The molecule has 0 aliphatic carbocycles. The maximum absolute atomic E-state index is 12.3. The van der Waals surface area contributed by atoms with E-state index in [0.29, 0.717) is 6.42 Å². The van der Waals surface area contributed by atoms with E-state index < -0.39 is 29.2 Å². The maximum Gasteiger partial charge on any atom is 0.353 e. The van der Waals surface area contributed by atoms with Gasteiger partial charge in [-0.3, -0.25) is 19.9 Å². The topological polar surface area (TPSA) is 123 Å². The van der Waals surface area contributed by atoms with Crippen molar-refractivity contribution in [1.29, 1.82) is 5.41 Å². The molecule has 27 heavy (non-hydrogen) atoms. The molecule has 2 aliphatic heterocycles. The molecular weight excluding hydrogens is 392 g/mol. The summed E-state index contributed by atoms with van der Waals surface area (Å²) < 4.78 is 0. The minimum absolute atomic E-state index is 0.109. The molecule has 1 unspecified atom stereocenters. The predicted octanol–water partition coefficient (Wildman–Crippen LogP) is 0.731. The van der Waals surface area contributed by atoms with Crippen LogP contribution in [0.4, 0.5) is 0 Å². The van der Waals surface area contributed by atoms with Crippen molar-refractivity contribution in [2.75, 3.05) is 12.3 Å². The molecule has 3 rings (SSSR count). The highest BCUT2D eigenvalue weighted by Crippen LogP contribution is 2.41. The first-order chi connectivity index (χ1) is 12.9. The lowest BCUT2D eigenvalue weighted by molar-refractivity contribution is -0.150. The Morgan fingerprint density at radius 2 is 2.04 bits per heavy atom. The van der Waals surface area contributed by atoms with E-state index in [0.717, 1.165) is 10.5 Å². The van der Waals surface area contributed by atoms with Crippen LogP contribution in [0.2, 0.25) is 0 Å². The average molecular weight is 409 g/mol. The zero-order valence-electron chi connectivity index (χ0n) is 14.1. The first-order valence-corrected chi connectivity index (χ1v) is 9.52. The number of nitrogens with zero attached hydrogens (tertiary/aromatic N) is 1. The summed E-state index contributed by atoms with van der Waals surface area (Å²) in [4.78, 5) is 36.7. The van der Waals surface area contributed by atoms with Gasteiger partial charge in [-0.2, -0.15) is 0 Å². The molecule has 0 bridgehead atoms. The Morgan fingerprint density at radius 3 is 2.70 bits per heavy atom. The van der Waals surface area contributed by atoms with Gasteiger partial charge in [0.05, 0.1) is 17.4 Å². The molecule has 2 amide bonds. The van der Waals surface area contributed by atoms with Gasteiger partial charge in [-0.1, -0.05) is 41.9 Å². The van der Waals surface area contributed by atoms with E-state index >= 15 is 0 Å². The Labute approximate surface area is 164 Å². The quantitative estimate of drug-likeness (QED) is 0.312. The molecule has 142 valence electrons. The fourth-order valence-corrected chi connectivity index (χ4v) is 4.41. The highest BCUT2D eigenvalue weighted by molar-refractivity contribution is 8.00. The number of nitrogens with one attached hydrogen (secondary N) is 3. The second-order valence-electron chi connectivity index (χ2n) is 6.01. The van der Waals surface area contributed by atoms with Gasteiger partial charge < -0.3 is 15.7 Å². The van der Waals surface area contributed by atoms with Crippen LogP contribution in [-0.2, 0) is 20.8 Å². The van der Waals surface area contributed by atoms with E-state index in [-0.39, 0.29) is 28.9 Å². The number of amidine groups is 1.